The highest BCUT2D eigenvalue weighted by atomic mass is 15.2. The van der Waals surface area contributed by atoms with E-state index in [2.05, 4.69) is 16.8 Å². The van der Waals surface area contributed by atoms with Gasteiger partial charge in [-0.1, -0.05) is 13.3 Å². The minimum absolute atomic E-state index is 0.746. The van der Waals surface area contributed by atoms with E-state index >= 15 is 0 Å². The van der Waals surface area contributed by atoms with Gasteiger partial charge in [-0.3, -0.25) is 9.88 Å². The third-order valence-corrected chi connectivity index (χ3v) is 3.07. The zero-order valence-corrected chi connectivity index (χ0v) is 10.0. The van der Waals surface area contributed by atoms with Crippen molar-refractivity contribution in [3.05, 3.63) is 24.0 Å². The molecule has 1 heterocycles. The monoisotopic (exact) mass is 219 g/mol. The predicted molar refractivity (Wildman–Crippen MR) is 67.0 cm³/mol. The molecule has 88 valence electrons. The molecule has 1 aromatic rings. The first-order valence-electron chi connectivity index (χ1n) is 6.24. The number of pyridine rings is 1. The van der Waals surface area contributed by atoms with Crippen LogP contribution in [0.3, 0.4) is 0 Å². The highest BCUT2D eigenvalue weighted by Gasteiger charge is 2.28. The molecule has 1 aliphatic carbocycles. The average molecular weight is 219 g/mol. The zero-order chi connectivity index (χ0) is 11.4. The van der Waals surface area contributed by atoms with Gasteiger partial charge in [-0.05, 0) is 37.9 Å². The quantitative estimate of drug-likeness (QED) is 0.799. The first-order chi connectivity index (χ1) is 7.79. The van der Waals surface area contributed by atoms with E-state index in [4.69, 9.17) is 5.73 Å². The van der Waals surface area contributed by atoms with Crippen LogP contribution in [0.1, 0.15) is 38.3 Å². The number of rotatable bonds is 6. The lowest BCUT2D eigenvalue weighted by Gasteiger charge is -2.21. The highest BCUT2D eigenvalue weighted by Crippen LogP contribution is 2.28. The fourth-order valence-corrected chi connectivity index (χ4v) is 1.93. The smallest absolute Gasteiger partial charge is 0.0545 e. The molecule has 0 atom stereocenters. The minimum atomic E-state index is 0.746. The van der Waals surface area contributed by atoms with Gasteiger partial charge in [0, 0.05) is 12.6 Å². The summed E-state index contributed by atoms with van der Waals surface area (Å²) in [5, 5.41) is 0. The van der Waals surface area contributed by atoms with Gasteiger partial charge in [0.1, 0.15) is 0 Å². The minimum Gasteiger partial charge on any atom is -0.397 e. The van der Waals surface area contributed by atoms with Crippen LogP contribution in [0.25, 0.3) is 0 Å². The van der Waals surface area contributed by atoms with Crippen LogP contribution < -0.4 is 5.73 Å². The van der Waals surface area contributed by atoms with Gasteiger partial charge in [0.25, 0.3) is 0 Å². The molecule has 1 saturated carbocycles. The fraction of sp³-hybridized carbons (Fsp3) is 0.615. The maximum atomic E-state index is 5.63. The number of anilines is 1. The summed E-state index contributed by atoms with van der Waals surface area (Å²) in [6.45, 7) is 4.42. The molecule has 1 fully saturated rings. The van der Waals surface area contributed by atoms with Gasteiger partial charge in [0.05, 0.1) is 17.6 Å². The zero-order valence-electron chi connectivity index (χ0n) is 10.0. The third-order valence-electron chi connectivity index (χ3n) is 3.07. The van der Waals surface area contributed by atoms with Crippen LogP contribution in [0.15, 0.2) is 18.3 Å². The van der Waals surface area contributed by atoms with Crippen molar-refractivity contribution in [3.8, 4) is 0 Å². The maximum absolute atomic E-state index is 5.63. The topological polar surface area (TPSA) is 42.1 Å². The van der Waals surface area contributed by atoms with E-state index in [1.807, 2.05) is 12.1 Å². The summed E-state index contributed by atoms with van der Waals surface area (Å²) in [5.74, 6) is 0. The Balaban J connectivity index is 1.91. The molecule has 0 aliphatic heterocycles. The lowest BCUT2D eigenvalue weighted by atomic mass is 10.2. The van der Waals surface area contributed by atoms with Crippen molar-refractivity contribution >= 4 is 5.69 Å². The SMILES string of the molecule is CCCCN(Cc1ccc(N)cn1)C1CC1. The molecule has 1 aliphatic rings. The van der Waals surface area contributed by atoms with Crippen LogP contribution in [0, 0.1) is 0 Å². The number of nitrogens with two attached hydrogens (primary N) is 1. The molecule has 3 nitrogen and oxygen atoms in total. The molecule has 0 aromatic carbocycles. The number of hydrogen-bond donors (Lipinski definition) is 1. The van der Waals surface area contributed by atoms with E-state index in [1.54, 1.807) is 6.20 Å². The van der Waals surface area contributed by atoms with Crippen molar-refractivity contribution in [1.29, 1.82) is 0 Å². The summed E-state index contributed by atoms with van der Waals surface area (Å²) in [6, 6.07) is 4.79. The number of hydrogen-bond acceptors (Lipinski definition) is 3. The van der Waals surface area contributed by atoms with Gasteiger partial charge in [-0.25, -0.2) is 0 Å². The summed E-state index contributed by atoms with van der Waals surface area (Å²) in [4.78, 5) is 6.93. The van der Waals surface area contributed by atoms with Gasteiger partial charge in [-0.2, -0.15) is 0 Å². The van der Waals surface area contributed by atoms with Crippen molar-refractivity contribution in [2.24, 2.45) is 0 Å². The summed E-state index contributed by atoms with van der Waals surface area (Å²) in [7, 11) is 0. The lowest BCUT2D eigenvalue weighted by molar-refractivity contribution is 0.248. The number of nitrogens with zero attached hydrogens (tertiary/aromatic N) is 2. The van der Waals surface area contributed by atoms with Crippen LogP contribution in [0.4, 0.5) is 5.69 Å². The molecule has 0 unspecified atom stereocenters. The normalized spacial score (nSPS) is 15.6. The largest absolute Gasteiger partial charge is 0.397 e. The van der Waals surface area contributed by atoms with Crippen LogP contribution in [-0.2, 0) is 6.54 Å². The number of unbranched alkanes of at least 4 members (excludes halogenated alkanes) is 1. The summed E-state index contributed by atoms with van der Waals surface area (Å²) >= 11 is 0. The average Bonchev–Trinajstić information content (AvgIpc) is 3.11. The molecule has 3 heteroatoms. The third kappa shape index (κ3) is 3.20. The standard InChI is InChI=1S/C13H21N3/c1-2-3-8-16(13-6-7-13)10-12-5-4-11(14)9-15-12/h4-5,9,13H,2-3,6-8,10,14H2,1H3. The predicted octanol–water partition coefficient (Wildman–Crippen LogP) is 2.43. The van der Waals surface area contributed by atoms with Crippen LogP contribution in [0.5, 0.6) is 0 Å². The Hall–Kier alpha value is -1.09. The number of nitrogen functional groups attached to an aromatic ring is 1. The van der Waals surface area contributed by atoms with Crippen LogP contribution >= 0.6 is 0 Å². The molecule has 2 N–H and O–H groups in total. The fourth-order valence-electron chi connectivity index (χ4n) is 1.93. The van der Waals surface area contributed by atoms with Gasteiger partial charge < -0.3 is 5.73 Å². The maximum Gasteiger partial charge on any atom is 0.0545 e. The molecule has 2 rings (SSSR count). The van der Waals surface area contributed by atoms with Crippen LogP contribution in [-0.4, -0.2) is 22.5 Å². The Morgan fingerprint density at radius 3 is 2.81 bits per heavy atom. The van der Waals surface area contributed by atoms with E-state index in [9.17, 15) is 0 Å². The van der Waals surface area contributed by atoms with Gasteiger partial charge in [0.15, 0.2) is 0 Å². The Bertz CT molecular complexity index is 316. The first-order valence-corrected chi connectivity index (χ1v) is 6.24. The lowest BCUT2D eigenvalue weighted by Crippen LogP contribution is -2.27. The van der Waals surface area contributed by atoms with E-state index in [-0.39, 0.29) is 0 Å². The first kappa shape index (κ1) is 11.4. The Labute approximate surface area is 97.7 Å². The second-order valence-corrected chi connectivity index (χ2v) is 4.64. The Morgan fingerprint density at radius 2 is 2.25 bits per heavy atom. The highest BCUT2D eigenvalue weighted by molar-refractivity contribution is 5.34. The molecule has 0 bridgehead atoms. The van der Waals surface area contributed by atoms with Crippen molar-refractivity contribution in [1.82, 2.24) is 9.88 Å². The second-order valence-electron chi connectivity index (χ2n) is 4.64. The van der Waals surface area contributed by atoms with Crippen molar-refractivity contribution in [2.75, 3.05) is 12.3 Å². The summed E-state index contributed by atoms with van der Waals surface area (Å²) in [6.07, 6.45) is 7.02. The van der Waals surface area contributed by atoms with Gasteiger partial charge in [-0.15, -0.1) is 0 Å². The van der Waals surface area contributed by atoms with Crippen molar-refractivity contribution in [2.45, 2.75) is 45.2 Å². The van der Waals surface area contributed by atoms with E-state index in [0.717, 1.165) is 24.0 Å². The molecule has 16 heavy (non-hydrogen) atoms. The van der Waals surface area contributed by atoms with E-state index < -0.39 is 0 Å². The van der Waals surface area contributed by atoms with Gasteiger partial charge in [0.2, 0.25) is 0 Å². The van der Waals surface area contributed by atoms with Crippen LogP contribution in [0.2, 0.25) is 0 Å². The molecular formula is C13H21N3. The molecule has 0 radical (unpaired) electrons. The molecular weight excluding hydrogens is 198 g/mol. The van der Waals surface area contributed by atoms with Crippen molar-refractivity contribution in [3.63, 3.8) is 0 Å². The summed E-state index contributed by atoms with van der Waals surface area (Å²) < 4.78 is 0. The molecule has 0 amide bonds. The van der Waals surface area contributed by atoms with Crippen molar-refractivity contribution < 1.29 is 0 Å². The Kier molecular flexibility index (Phi) is 3.78. The molecule has 0 saturated heterocycles. The molecule has 0 spiro atoms. The second kappa shape index (κ2) is 5.30. The van der Waals surface area contributed by atoms with E-state index in [0.29, 0.717) is 0 Å². The number of aromatic nitrogens is 1. The van der Waals surface area contributed by atoms with Gasteiger partial charge >= 0.3 is 0 Å². The molecule has 1 aromatic heterocycles. The summed E-state index contributed by atoms with van der Waals surface area (Å²) in [5.41, 5.74) is 7.52. The Morgan fingerprint density at radius 1 is 1.44 bits per heavy atom. The van der Waals surface area contributed by atoms with E-state index in [1.165, 1.54) is 32.2 Å².